The van der Waals surface area contributed by atoms with Gasteiger partial charge in [0.2, 0.25) is 0 Å². The standard InChI is InChI=1S/C24H39F3O3/c1-14(21(28)24(25,26)27)19-6-7-20-18-5-4-15-12-23(29,13-30-3)11-9-16(15)17(18)8-10-22(19,20)2/h14-21,28-29H,4-13H2,1-3H3/t14-,15+,16-,17+,18+,19+,20-,21+,22+,23-/m0/s1. The molecule has 4 saturated carbocycles. The fourth-order valence-corrected chi connectivity index (χ4v) is 8.78. The molecule has 0 heterocycles. The molecule has 10 atom stereocenters. The molecule has 0 aromatic rings. The molecule has 2 N–H and O–H groups in total. The zero-order chi connectivity index (χ0) is 21.9. The molecule has 3 nitrogen and oxygen atoms in total. The van der Waals surface area contributed by atoms with E-state index in [2.05, 4.69) is 6.92 Å². The van der Waals surface area contributed by atoms with Crippen LogP contribution in [0.3, 0.4) is 0 Å². The Labute approximate surface area is 178 Å². The summed E-state index contributed by atoms with van der Waals surface area (Å²) in [7, 11) is 1.65. The molecular formula is C24H39F3O3. The third-order valence-corrected chi connectivity index (χ3v) is 10.1. The lowest BCUT2D eigenvalue weighted by atomic mass is 9.48. The minimum Gasteiger partial charge on any atom is -0.387 e. The van der Waals surface area contributed by atoms with Gasteiger partial charge < -0.3 is 14.9 Å². The monoisotopic (exact) mass is 432 g/mol. The molecule has 0 aromatic heterocycles. The highest BCUT2D eigenvalue weighted by molar-refractivity contribution is 5.08. The average Bonchev–Trinajstić information content (AvgIpc) is 3.03. The summed E-state index contributed by atoms with van der Waals surface area (Å²) in [5, 5.41) is 20.8. The maximum Gasteiger partial charge on any atom is 0.414 e. The molecule has 0 spiro atoms. The molecule has 4 rings (SSSR count). The Kier molecular flexibility index (Phi) is 6.03. The second-order valence-electron chi connectivity index (χ2n) is 11.4. The molecule has 0 aromatic carbocycles. The molecule has 0 saturated heterocycles. The smallest absolute Gasteiger partial charge is 0.387 e. The number of halogens is 3. The Hall–Kier alpha value is -0.330. The first-order valence-electron chi connectivity index (χ1n) is 12.0. The molecule has 0 bridgehead atoms. The molecule has 0 radical (unpaired) electrons. The Morgan fingerprint density at radius 1 is 1.00 bits per heavy atom. The molecule has 0 aliphatic heterocycles. The van der Waals surface area contributed by atoms with Gasteiger partial charge in [0.25, 0.3) is 0 Å². The van der Waals surface area contributed by atoms with Crippen LogP contribution in [-0.2, 0) is 4.74 Å². The van der Waals surface area contributed by atoms with Crippen molar-refractivity contribution >= 4 is 0 Å². The Bertz CT molecular complexity index is 625. The summed E-state index contributed by atoms with van der Waals surface area (Å²) in [5.74, 6) is 2.11. The first-order valence-corrected chi connectivity index (χ1v) is 12.0. The highest BCUT2D eigenvalue weighted by Gasteiger charge is 2.60. The van der Waals surface area contributed by atoms with Crippen LogP contribution in [0.4, 0.5) is 13.2 Å². The first kappa shape index (κ1) is 22.8. The largest absolute Gasteiger partial charge is 0.414 e. The normalized spacial score (nSPS) is 48.4. The molecular weight excluding hydrogens is 393 g/mol. The number of hydrogen-bond donors (Lipinski definition) is 2. The van der Waals surface area contributed by atoms with Gasteiger partial charge in [-0.15, -0.1) is 0 Å². The SMILES string of the molecule is COC[C@]1(O)CC[C@H]2[C@H](CC[C@@H]3[C@@H]2CC[C@]2(C)[C@@H]([C@H](C)[C@@H](O)C(F)(F)F)CC[C@@H]32)C1. The van der Waals surface area contributed by atoms with Crippen LogP contribution in [0.5, 0.6) is 0 Å². The number of aliphatic hydroxyl groups is 2. The minimum atomic E-state index is -4.54. The Morgan fingerprint density at radius 2 is 1.70 bits per heavy atom. The fourth-order valence-electron chi connectivity index (χ4n) is 8.78. The lowest BCUT2D eigenvalue weighted by Gasteiger charge is -2.57. The molecule has 4 aliphatic rings. The summed E-state index contributed by atoms with van der Waals surface area (Å²) in [6.07, 6.45) is 2.04. The maximum absolute atomic E-state index is 13.2. The van der Waals surface area contributed by atoms with Crippen molar-refractivity contribution in [1.82, 2.24) is 0 Å². The zero-order valence-corrected chi connectivity index (χ0v) is 18.6. The summed E-state index contributed by atoms with van der Waals surface area (Å²) in [6, 6.07) is 0. The highest BCUT2D eigenvalue weighted by Crippen LogP contribution is 2.66. The number of aliphatic hydroxyl groups excluding tert-OH is 1. The van der Waals surface area contributed by atoms with Crippen LogP contribution in [0, 0.1) is 46.8 Å². The van der Waals surface area contributed by atoms with Crippen LogP contribution in [0.15, 0.2) is 0 Å². The average molecular weight is 433 g/mol. The van der Waals surface area contributed by atoms with E-state index < -0.39 is 23.8 Å². The van der Waals surface area contributed by atoms with Crippen LogP contribution in [0.2, 0.25) is 0 Å². The number of ether oxygens (including phenoxy) is 1. The number of rotatable bonds is 4. The maximum atomic E-state index is 13.2. The predicted octanol–water partition coefficient (Wildman–Crippen LogP) is 5.19. The van der Waals surface area contributed by atoms with Gasteiger partial charge in [0.15, 0.2) is 6.10 Å². The number of fused-ring (bicyclic) bond motifs is 5. The quantitative estimate of drug-likeness (QED) is 0.643. The van der Waals surface area contributed by atoms with Gasteiger partial charge in [-0.25, -0.2) is 0 Å². The van der Waals surface area contributed by atoms with Crippen molar-refractivity contribution in [2.45, 2.75) is 89.5 Å². The van der Waals surface area contributed by atoms with Crippen molar-refractivity contribution in [3.05, 3.63) is 0 Å². The van der Waals surface area contributed by atoms with Crippen molar-refractivity contribution in [2.24, 2.45) is 46.8 Å². The van der Waals surface area contributed by atoms with Gasteiger partial charge in [-0.2, -0.15) is 13.2 Å². The highest BCUT2D eigenvalue weighted by atomic mass is 19.4. The number of alkyl halides is 3. The van der Waals surface area contributed by atoms with Crippen LogP contribution in [0.25, 0.3) is 0 Å². The van der Waals surface area contributed by atoms with E-state index in [4.69, 9.17) is 4.74 Å². The predicted molar refractivity (Wildman–Crippen MR) is 109 cm³/mol. The zero-order valence-electron chi connectivity index (χ0n) is 18.6. The van der Waals surface area contributed by atoms with Crippen LogP contribution >= 0.6 is 0 Å². The van der Waals surface area contributed by atoms with Gasteiger partial charge >= 0.3 is 6.18 Å². The van der Waals surface area contributed by atoms with Crippen molar-refractivity contribution in [2.75, 3.05) is 13.7 Å². The third-order valence-electron chi connectivity index (χ3n) is 10.1. The van der Waals surface area contributed by atoms with E-state index >= 15 is 0 Å². The van der Waals surface area contributed by atoms with Crippen molar-refractivity contribution in [3.8, 4) is 0 Å². The summed E-state index contributed by atoms with van der Waals surface area (Å²) in [6.45, 7) is 4.23. The van der Waals surface area contributed by atoms with Crippen molar-refractivity contribution < 1.29 is 28.1 Å². The lowest BCUT2D eigenvalue weighted by molar-refractivity contribution is -0.227. The molecule has 4 fully saturated rings. The van der Waals surface area contributed by atoms with Crippen LogP contribution in [0.1, 0.15) is 71.6 Å². The van der Waals surface area contributed by atoms with E-state index in [1.165, 1.54) is 0 Å². The van der Waals surface area contributed by atoms with E-state index in [-0.39, 0.29) is 11.3 Å². The van der Waals surface area contributed by atoms with E-state index in [9.17, 15) is 23.4 Å². The summed E-state index contributed by atoms with van der Waals surface area (Å²) in [5.41, 5.74) is -0.779. The van der Waals surface area contributed by atoms with Crippen molar-refractivity contribution in [3.63, 3.8) is 0 Å². The minimum absolute atomic E-state index is 0.0593. The van der Waals surface area contributed by atoms with Gasteiger partial charge in [0.1, 0.15) is 0 Å². The van der Waals surface area contributed by atoms with Gasteiger partial charge in [-0.3, -0.25) is 0 Å². The topological polar surface area (TPSA) is 49.7 Å². The van der Waals surface area contributed by atoms with Crippen molar-refractivity contribution in [1.29, 1.82) is 0 Å². The van der Waals surface area contributed by atoms with Gasteiger partial charge in [0, 0.05) is 7.11 Å². The van der Waals surface area contributed by atoms with Crippen LogP contribution in [-0.4, -0.2) is 41.8 Å². The molecule has 0 unspecified atom stereocenters. The lowest BCUT2D eigenvalue weighted by Crippen LogP contribution is -2.52. The van der Waals surface area contributed by atoms with Gasteiger partial charge in [-0.05, 0) is 105 Å². The molecule has 4 aliphatic carbocycles. The van der Waals surface area contributed by atoms with Gasteiger partial charge in [0.05, 0.1) is 12.2 Å². The molecule has 174 valence electrons. The van der Waals surface area contributed by atoms with E-state index in [0.29, 0.717) is 36.2 Å². The molecule has 0 amide bonds. The Morgan fingerprint density at radius 3 is 2.37 bits per heavy atom. The summed E-state index contributed by atoms with van der Waals surface area (Å²) < 4.78 is 44.9. The van der Waals surface area contributed by atoms with E-state index in [1.807, 2.05) is 0 Å². The van der Waals surface area contributed by atoms with Gasteiger partial charge in [-0.1, -0.05) is 13.8 Å². The summed E-state index contributed by atoms with van der Waals surface area (Å²) in [4.78, 5) is 0. The fraction of sp³-hybridized carbons (Fsp3) is 1.00. The number of hydrogen-bond acceptors (Lipinski definition) is 3. The second-order valence-corrected chi connectivity index (χ2v) is 11.4. The second kappa shape index (κ2) is 7.91. The van der Waals surface area contributed by atoms with E-state index in [0.717, 1.165) is 57.8 Å². The van der Waals surface area contributed by atoms with Crippen LogP contribution < -0.4 is 0 Å². The van der Waals surface area contributed by atoms with E-state index in [1.54, 1.807) is 14.0 Å². The summed E-state index contributed by atoms with van der Waals surface area (Å²) >= 11 is 0. The Balaban J connectivity index is 1.48. The number of methoxy groups -OCH3 is 1. The first-order chi connectivity index (χ1) is 14.0. The molecule has 6 heteroatoms. The molecule has 30 heavy (non-hydrogen) atoms. The third kappa shape index (κ3) is 3.73.